The second-order valence-corrected chi connectivity index (χ2v) is 4.93. The molecule has 0 aromatic heterocycles. The van der Waals surface area contributed by atoms with Crippen molar-refractivity contribution in [3.63, 3.8) is 0 Å². The molecule has 2 atom stereocenters. The highest BCUT2D eigenvalue weighted by Gasteiger charge is 2.66. The Morgan fingerprint density at radius 3 is 2.29 bits per heavy atom. The van der Waals surface area contributed by atoms with Crippen LogP contribution in [0.3, 0.4) is 0 Å². The highest BCUT2D eigenvalue weighted by atomic mass is 16.5. The molecule has 0 bridgehead atoms. The first kappa shape index (κ1) is 15.4. The Bertz CT molecular complexity index is 522. The Kier molecular flexibility index (Phi) is 4.50. The topological polar surface area (TPSA) is 61.8 Å². The minimum absolute atomic E-state index is 0.284. The smallest absolute Gasteiger partial charge is 0.317 e. The summed E-state index contributed by atoms with van der Waals surface area (Å²) >= 11 is 0. The number of esters is 2. The van der Waals surface area contributed by atoms with E-state index in [4.69, 9.17) is 14.2 Å². The molecule has 0 amide bonds. The van der Waals surface area contributed by atoms with Crippen molar-refractivity contribution in [2.24, 2.45) is 5.92 Å². The third-order valence-electron chi connectivity index (χ3n) is 3.78. The van der Waals surface area contributed by atoms with Crippen LogP contribution in [0, 0.1) is 5.92 Å². The number of hydrogen-bond donors (Lipinski definition) is 0. The summed E-state index contributed by atoms with van der Waals surface area (Å²) < 4.78 is 15.3. The molecule has 0 N–H and O–H groups in total. The number of methoxy groups -OCH3 is 1. The standard InChI is InChI=1S/C16H20O5/c1-4-20-14(17)13-10-16(13,15(18)21-5-2)11-6-8-12(19-3)9-7-11/h6-9,13H,4-5,10H2,1-3H3/t13-,16+/m0/s1. The summed E-state index contributed by atoms with van der Waals surface area (Å²) in [7, 11) is 1.58. The molecule has 0 unspecified atom stereocenters. The van der Waals surface area contributed by atoms with Gasteiger partial charge in [-0.2, -0.15) is 0 Å². The van der Waals surface area contributed by atoms with Crippen LogP contribution >= 0.6 is 0 Å². The number of rotatable bonds is 6. The quantitative estimate of drug-likeness (QED) is 0.751. The van der Waals surface area contributed by atoms with Crippen molar-refractivity contribution in [1.29, 1.82) is 0 Å². The van der Waals surface area contributed by atoms with Gasteiger partial charge in [0.15, 0.2) is 0 Å². The van der Waals surface area contributed by atoms with E-state index < -0.39 is 11.3 Å². The molecule has 1 saturated carbocycles. The lowest BCUT2D eigenvalue weighted by Gasteiger charge is -2.16. The van der Waals surface area contributed by atoms with Crippen LogP contribution in [0.2, 0.25) is 0 Å². The van der Waals surface area contributed by atoms with Crippen LogP contribution in [-0.4, -0.2) is 32.3 Å². The minimum atomic E-state index is -0.908. The Hall–Kier alpha value is -2.04. The molecule has 21 heavy (non-hydrogen) atoms. The molecule has 5 heteroatoms. The summed E-state index contributed by atoms with van der Waals surface area (Å²) in [5, 5.41) is 0. The van der Waals surface area contributed by atoms with Crippen molar-refractivity contribution in [2.75, 3.05) is 20.3 Å². The lowest BCUT2D eigenvalue weighted by Crippen LogP contribution is -2.28. The van der Waals surface area contributed by atoms with Gasteiger partial charge in [0, 0.05) is 0 Å². The molecule has 1 aliphatic carbocycles. The first-order valence-electron chi connectivity index (χ1n) is 7.08. The zero-order chi connectivity index (χ0) is 15.5. The van der Waals surface area contributed by atoms with Gasteiger partial charge in [-0.1, -0.05) is 12.1 Å². The highest BCUT2D eigenvalue weighted by molar-refractivity contribution is 5.96. The molecule has 1 aliphatic rings. The fourth-order valence-corrected chi connectivity index (χ4v) is 2.60. The molecule has 1 aromatic rings. The molecule has 2 rings (SSSR count). The lowest BCUT2D eigenvalue weighted by molar-refractivity contribution is -0.152. The monoisotopic (exact) mass is 292 g/mol. The van der Waals surface area contributed by atoms with Gasteiger partial charge in [-0.05, 0) is 38.0 Å². The first-order valence-corrected chi connectivity index (χ1v) is 7.08. The van der Waals surface area contributed by atoms with Crippen molar-refractivity contribution in [3.05, 3.63) is 29.8 Å². The Morgan fingerprint density at radius 2 is 1.76 bits per heavy atom. The third kappa shape index (κ3) is 2.73. The predicted octanol–water partition coefficient (Wildman–Crippen LogP) is 2.08. The van der Waals surface area contributed by atoms with E-state index in [0.717, 1.165) is 5.56 Å². The molecule has 0 saturated heterocycles. The van der Waals surface area contributed by atoms with Gasteiger partial charge in [-0.3, -0.25) is 9.59 Å². The van der Waals surface area contributed by atoms with E-state index in [9.17, 15) is 9.59 Å². The van der Waals surface area contributed by atoms with Crippen molar-refractivity contribution in [1.82, 2.24) is 0 Å². The lowest BCUT2D eigenvalue weighted by atomic mass is 9.93. The molecule has 114 valence electrons. The van der Waals surface area contributed by atoms with Crippen LogP contribution < -0.4 is 4.74 Å². The van der Waals surface area contributed by atoms with E-state index in [-0.39, 0.29) is 18.5 Å². The number of benzene rings is 1. The van der Waals surface area contributed by atoms with Crippen molar-refractivity contribution in [2.45, 2.75) is 25.7 Å². The molecule has 0 radical (unpaired) electrons. The van der Waals surface area contributed by atoms with Gasteiger partial charge in [0.25, 0.3) is 0 Å². The van der Waals surface area contributed by atoms with Gasteiger partial charge < -0.3 is 14.2 Å². The van der Waals surface area contributed by atoms with Crippen molar-refractivity contribution < 1.29 is 23.8 Å². The molecule has 1 fully saturated rings. The maximum absolute atomic E-state index is 12.3. The van der Waals surface area contributed by atoms with Crippen LogP contribution in [0.15, 0.2) is 24.3 Å². The molecule has 1 aromatic carbocycles. The Balaban J connectivity index is 2.29. The maximum atomic E-state index is 12.3. The number of hydrogen-bond acceptors (Lipinski definition) is 5. The third-order valence-corrected chi connectivity index (χ3v) is 3.78. The Labute approximate surface area is 124 Å². The van der Waals surface area contributed by atoms with E-state index >= 15 is 0 Å². The summed E-state index contributed by atoms with van der Waals surface area (Å²) in [5.41, 5.74) is -0.144. The number of ether oxygens (including phenoxy) is 3. The second kappa shape index (κ2) is 6.16. The second-order valence-electron chi connectivity index (χ2n) is 4.93. The molecule has 0 heterocycles. The van der Waals surface area contributed by atoms with E-state index in [0.29, 0.717) is 18.8 Å². The molecular formula is C16H20O5. The largest absolute Gasteiger partial charge is 0.497 e. The zero-order valence-corrected chi connectivity index (χ0v) is 12.5. The van der Waals surface area contributed by atoms with Crippen LogP contribution in [-0.2, 0) is 24.5 Å². The van der Waals surface area contributed by atoms with Crippen LogP contribution in [0.25, 0.3) is 0 Å². The van der Waals surface area contributed by atoms with E-state index in [1.807, 2.05) is 0 Å². The van der Waals surface area contributed by atoms with Gasteiger partial charge >= 0.3 is 11.9 Å². The SMILES string of the molecule is CCOC(=O)[C@@H]1C[C@@]1(C(=O)OCC)c1ccc(OC)cc1. The first-order chi connectivity index (χ1) is 10.1. The minimum Gasteiger partial charge on any atom is -0.497 e. The van der Waals surface area contributed by atoms with Crippen LogP contribution in [0.5, 0.6) is 5.75 Å². The zero-order valence-electron chi connectivity index (χ0n) is 12.5. The fraction of sp³-hybridized carbons (Fsp3) is 0.500. The van der Waals surface area contributed by atoms with Crippen molar-refractivity contribution >= 4 is 11.9 Å². The number of carbonyl (C=O) groups excluding carboxylic acids is 2. The summed E-state index contributed by atoms with van der Waals surface area (Å²) in [6.45, 7) is 4.09. The van der Waals surface area contributed by atoms with Gasteiger partial charge in [0.2, 0.25) is 0 Å². The highest BCUT2D eigenvalue weighted by Crippen LogP contribution is 2.56. The van der Waals surface area contributed by atoms with Gasteiger partial charge in [0.05, 0.1) is 26.2 Å². The van der Waals surface area contributed by atoms with Crippen molar-refractivity contribution in [3.8, 4) is 5.75 Å². The summed E-state index contributed by atoms with van der Waals surface area (Å²) in [4.78, 5) is 24.3. The van der Waals surface area contributed by atoms with Gasteiger partial charge in [0.1, 0.15) is 11.2 Å². The number of carbonyl (C=O) groups is 2. The average molecular weight is 292 g/mol. The summed E-state index contributed by atoms with van der Waals surface area (Å²) in [5.74, 6) is -0.481. The molecular weight excluding hydrogens is 272 g/mol. The van der Waals surface area contributed by atoms with E-state index in [2.05, 4.69) is 0 Å². The summed E-state index contributed by atoms with van der Waals surface area (Å²) in [6, 6.07) is 7.15. The molecule has 0 spiro atoms. The summed E-state index contributed by atoms with van der Waals surface area (Å²) in [6.07, 6.45) is 0.428. The predicted molar refractivity (Wildman–Crippen MR) is 76.0 cm³/mol. The van der Waals surface area contributed by atoms with Gasteiger partial charge in [-0.25, -0.2) is 0 Å². The van der Waals surface area contributed by atoms with E-state index in [1.165, 1.54) is 0 Å². The van der Waals surface area contributed by atoms with Crippen LogP contribution in [0.1, 0.15) is 25.8 Å². The Morgan fingerprint density at radius 1 is 1.14 bits per heavy atom. The van der Waals surface area contributed by atoms with E-state index in [1.54, 1.807) is 45.2 Å². The molecule has 5 nitrogen and oxygen atoms in total. The fourth-order valence-electron chi connectivity index (χ4n) is 2.60. The molecule has 0 aliphatic heterocycles. The maximum Gasteiger partial charge on any atom is 0.317 e. The van der Waals surface area contributed by atoms with Crippen LogP contribution in [0.4, 0.5) is 0 Å². The van der Waals surface area contributed by atoms with Gasteiger partial charge in [-0.15, -0.1) is 0 Å². The average Bonchev–Trinajstić information content (AvgIpc) is 3.25. The normalized spacial score (nSPS) is 23.3.